The third-order valence-electron chi connectivity index (χ3n) is 6.16. The Balaban J connectivity index is 1.78. The molecule has 2 aliphatic heterocycles. The third kappa shape index (κ3) is 4.61. The summed E-state index contributed by atoms with van der Waals surface area (Å²) in [5, 5.41) is 11.5. The van der Waals surface area contributed by atoms with E-state index < -0.39 is 17.7 Å². The molecule has 34 heavy (non-hydrogen) atoms. The first-order valence-corrected chi connectivity index (χ1v) is 11.4. The lowest BCUT2D eigenvalue weighted by atomic mass is 9.94. The summed E-state index contributed by atoms with van der Waals surface area (Å²) in [5.74, 6) is -0.754. The molecule has 2 aliphatic rings. The molecular weight excluding hydrogens is 460 g/mol. The van der Waals surface area contributed by atoms with Gasteiger partial charge in [-0.05, 0) is 24.3 Å². The number of para-hydroxylation sites is 1. The van der Waals surface area contributed by atoms with Crippen LogP contribution in [0.5, 0.6) is 11.5 Å². The second-order valence-corrected chi connectivity index (χ2v) is 8.44. The minimum atomic E-state index is -0.807. The molecule has 1 amide bonds. The van der Waals surface area contributed by atoms with Gasteiger partial charge in [-0.15, -0.1) is 0 Å². The summed E-state index contributed by atoms with van der Waals surface area (Å²) < 4.78 is 16.1. The summed E-state index contributed by atoms with van der Waals surface area (Å²) in [6.45, 7) is 3.67. The fourth-order valence-corrected chi connectivity index (χ4v) is 4.63. The molecule has 0 saturated carbocycles. The summed E-state index contributed by atoms with van der Waals surface area (Å²) >= 11 is 6.25. The summed E-state index contributed by atoms with van der Waals surface area (Å²) in [6, 6.07) is 11.1. The minimum absolute atomic E-state index is 0.00212. The molecule has 9 heteroatoms. The zero-order valence-electron chi connectivity index (χ0n) is 19.1. The maximum absolute atomic E-state index is 13.2. The van der Waals surface area contributed by atoms with Gasteiger partial charge in [-0.1, -0.05) is 29.8 Å². The molecule has 1 atom stereocenters. The maximum atomic E-state index is 13.2. The van der Waals surface area contributed by atoms with Crippen molar-refractivity contribution >= 4 is 29.1 Å². The molecule has 2 saturated heterocycles. The fourth-order valence-electron chi connectivity index (χ4n) is 4.37. The predicted molar refractivity (Wildman–Crippen MR) is 127 cm³/mol. The number of carbonyl (C=O) groups excluding carboxylic acids is 2. The van der Waals surface area contributed by atoms with Gasteiger partial charge in [0.2, 0.25) is 0 Å². The van der Waals surface area contributed by atoms with Crippen molar-refractivity contribution in [3.8, 4) is 11.5 Å². The average Bonchev–Trinajstić information content (AvgIpc) is 3.12. The fraction of sp³-hybridized carbons (Fsp3) is 0.360. The molecule has 4 rings (SSSR count). The number of hydrogen-bond donors (Lipinski definition) is 1. The van der Waals surface area contributed by atoms with E-state index in [4.69, 9.17) is 25.8 Å². The summed E-state index contributed by atoms with van der Waals surface area (Å²) in [4.78, 5) is 30.1. The Morgan fingerprint density at radius 2 is 1.76 bits per heavy atom. The largest absolute Gasteiger partial charge is 0.507 e. The van der Waals surface area contributed by atoms with Gasteiger partial charge in [-0.2, -0.15) is 0 Å². The Morgan fingerprint density at radius 3 is 2.44 bits per heavy atom. The molecule has 2 aromatic rings. The minimum Gasteiger partial charge on any atom is -0.507 e. The van der Waals surface area contributed by atoms with Crippen LogP contribution < -0.4 is 9.47 Å². The number of amides is 1. The van der Waals surface area contributed by atoms with E-state index in [0.717, 1.165) is 13.1 Å². The molecule has 1 unspecified atom stereocenters. The number of benzene rings is 2. The first kappa shape index (κ1) is 24.1. The van der Waals surface area contributed by atoms with Crippen molar-refractivity contribution in [2.45, 2.75) is 6.04 Å². The lowest BCUT2D eigenvalue weighted by Crippen LogP contribution is -2.42. The Kier molecular flexibility index (Phi) is 7.41. The third-order valence-corrected chi connectivity index (χ3v) is 6.45. The van der Waals surface area contributed by atoms with Gasteiger partial charge < -0.3 is 24.2 Å². The second-order valence-electron chi connectivity index (χ2n) is 8.04. The molecule has 1 N–H and O–H groups in total. The van der Waals surface area contributed by atoms with Gasteiger partial charge in [-0.25, -0.2) is 0 Å². The Labute approximate surface area is 203 Å². The number of morpholine rings is 1. The monoisotopic (exact) mass is 486 g/mol. The lowest BCUT2D eigenvalue weighted by Gasteiger charge is -2.31. The number of halogens is 1. The molecule has 2 heterocycles. The Morgan fingerprint density at radius 1 is 1.06 bits per heavy atom. The number of Topliss-reactive ketones (excluding diaryl/α,β-unsaturated/α-hetero) is 1. The number of ketones is 1. The molecule has 0 bridgehead atoms. The number of ether oxygens (including phenoxy) is 3. The van der Waals surface area contributed by atoms with E-state index in [1.807, 2.05) is 12.1 Å². The van der Waals surface area contributed by atoms with Crippen molar-refractivity contribution in [3.05, 3.63) is 64.2 Å². The second kappa shape index (κ2) is 10.5. The number of nitrogens with zero attached hydrogens (tertiary/aromatic N) is 2. The quantitative estimate of drug-likeness (QED) is 0.365. The van der Waals surface area contributed by atoms with Gasteiger partial charge in [-0.3, -0.25) is 14.5 Å². The number of hydrogen-bond acceptors (Lipinski definition) is 7. The zero-order chi connectivity index (χ0) is 24.2. The molecule has 2 aromatic carbocycles. The number of likely N-dealkylation sites (tertiary alicyclic amines) is 1. The van der Waals surface area contributed by atoms with E-state index >= 15 is 0 Å². The van der Waals surface area contributed by atoms with Crippen molar-refractivity contribution < 1.29 is 28.9 Å². The van der Waals surface area contributed by atoms with Crippen molar-refractivity contribution in [3.63, 3.8) is 0 Å². The van der Waals surface area contributed by atoms with Crippen LogP contribution in [-0.2, 0) is 14.3 Å². The first-order chi connectivity index (χ1) is 16.5. The van der Waals surface area contributed by atoms with Crippen LogP contribution in [0.15, 0.2) is 48.0 Å². The first-order valence-electron chi connectivity index (χ1n) is 11.0. The Bertz CT molecular complexity index is 1110. The van der Waals surface area contributed by atoms with Gasteiger partial charge in [0.05, 0.1) is 44.1 Å². The van der Waals surface area contributed by atoms with E-state index in [1.165, 1.54) is 25.2 Å². The van der Waals surface area contributed by atoms with Gasteiger partial charge in [0.25, 0.3) is 11.7 Å². The Hall–Kier alpha value is -3.07. The summed E-state index contributed by atoms with van der Waals surface area (Å²) in [6.07, 6.45) is 0. The zero-order valence-corrected chi connectivity index (χ0v) is 19.9. The summed E-state index contributed by atoms with van der Waals surface area (Å²) in [7, 11) is 3.02. The van der Waals surface area contributed by atoms with Crippen molar-refractivity contribution in [2.24, 2.45) is 0 Å². The number of aliphatic hydroxyl groups excluding tert-OH is 1. The SMILES string of the molecule is COc1ccc(C(O)=C2C(=O)C(=O)N(CCN3CCOCC3)C2c2ccccc2OC)cc1Cl. The van der Waals surface area contributed by atoms with E-state index in [1.54, 1.807) is 24.3 Å². The normalized spacial score (nSPS) is 20.6. The van der Waals surface area contributed by atoms with Crippen LogP contribution in [0.3, 0.4) is 0 Å². The molecule has 2 fully saturated rings. The number of carbonyl (C=O) groups is 2. The highest BCUT2D eigenvalue weighted by molar-refractivity contribution is 6.46. The van der Waals surface area contributed by atoms with E-state index in [9.17, 15) is 14.7 Å². The van der Waals surface area contributed by atoms with Crippen molar-refractivity contribution in [1.82, 2.24) is 9.80 Å². The standard InChI is InChI=1S/C25H27ClN2O6/c1-32-19-6-4-3-5-17(19)22-21(23(29)16-7-8-20(33-2)18(26)15-16)24(30)25(31)28(22)10-9-27-11-13-34-14-12-27/h3-8,15,22,29H,9-14H2,1-2H3. The number of aliphatic hydroxyl groups is 1. The number of rotatable bonds is 7. The highest BCUT2D eigenvalue weighted by Crippen LogP contribution is 2.43. The maximum Gasteiger partial charge on any atom is 0.295 e. The molecule has 8 nitrogen and oxygen atoms in total. The molecule has 180 valence electrons. The van der Waals surface area contributed by atoms with Gasteiger partial charge in [0.1, 0.15) is 17.3 Å². The van der Waals surface area contributed by atoms with Crippen molar-refractivity contribution in [1.29, 1.82) is 0 Å². The van der Waals surface area contributed by atoms with Crippen LogP contribution in [0, 0.1) is 0 Å². The average molecular weight is 487 g/mol. The van der Waals surface area contributed by atoms with Crippen LogP contribution in [0.2, 0.25) is 5.02 Å². The number of methoxy groups -OCH3 is 2. The van der Waals surface area contributed by atoms with Crippen molar-refractivity contribution in [2.75, 3.05) is 53.6 Å². The summed E-state index contributed by atoms with van der Waals surface area (Å²) in [5.41, 5.74) is 0.932. The lowest BCUT2D eigenvalue weighted by molar-refractivity contribution is -0.140. The molecule has 0 aromatic heterocycles. The highest BCUT2D eigenvalue weighted by atomic mass is 35.5. The van der Waals surface area contributed by atoms with Crippen LogP contribution in [0.4, 0.5) is 0 Å². The van der Waals surface area contributed by atoms with E-state index in [0.29, 0.717) is 48.9 Å². The highest BCUT2D eigenvalue weighted by Gasteiger charge is 2.47. The molecular formula is C25H27ClN2O6. The van der Waals surface area contributed by atoms with Crippen LogP contribution in [0.25, 0.3) is 5.76 Å². The van der Waals surface area contributed by atoms with Gasteiger partial charge in [0, 0.05) is 37.3 Å². The van der Waals surface area contributed by atoms with Crippen LogP contribution in [-0.4, -0.2) is 80.2 Å². The predicted octanol–water partition coefficient (Wildman–Crippen LogP) is 3.11. The van der Waals surface area contributed by atoms with Crippen LogP contribution >= 0.6 is 11.6 Å². The molecule has 0 radical (unpaired) electrons. The van der Waals surface area contributed by atoms with Gasteiger partial charge >= 0.3 is 0 Å². The van der Waals surface area contributed by atoms with Crippen LogP contribution in [0.1, 0.15) is 17.2 Å². The molecule has 0 spiro atoms. The smallest absolute Gasteiger partial charge is 0.295 e. The van der Waals surface area contributed by atoms with Gasteiger partial charge in [0.15, 0.2) is 0 Å². The van der Waals surface area contributed by atoms with E-state index in [-0.39, 0.29) is 16.4 Å². The topological polar surface area (TPSA) is 88.5 Å². The van der Waals surface area contributed by atoms with E-state index in [2.05, 4.69) is 4.90 Å². The molecule has 0 aliphatic carbocycles.